The predicted octanol–water partition coefficient (Wildman–Crippen LogP) is 2.87. The molecule has 0 aliphatic heterocycles. The van der Waals surface area contributed by atoms with E-state index < -0.39 is 21.8 Å². The molecule has 9 heteroatoms. The minimum atomic E-state index is -3.83. The Hall–Kier alpha value is -3.85. The molecule has 0 fully saturated rings. The number of hydrogen-bond donors (Lipinski definition) is 2. The standard InChI is InChI=1S/C22H21N3O5S/c1-25(31(28,29)20-12-10-19(30-2)11-13-20)18-5-3-4-16(14-18)22(27)24-17-8-6-15(7-9-17)21(23)26/h3-14H,1-2H3,(H2,23,26)(H,24,27). The fourth-order valence-corrected chi connectivity index (χ4v) is 4.00. The smallest absolute Gasteiger partial charge is 0.264 e. The molecule has 0 aliphatic carbocycles. The Labute approximate surface area is 180 Å². The Morgan fingerprint density at radius 2 is 1.58 bits per heavy atom. The largest absolute Gasteiger partial charge is 0.497 e. The van der Waals surface area contributed by atoms with Gasteiger partial charge in [0.15, 0.2) is 0 Å². The maximum Gasteiger partial charge on any atom is 0.264 e. The van der Waals surface area contributed by atoms with Crippen LogP contribution in [0.4, 0.5) is 11.4 Å². The summed E-state index contributed by atoms with van der Waals surface area (Å²) in [5.41, 5.74) is 6.60. The van der Waals surface area contributed by atoms with Crippen LogP contribution >= 0.6 is 0 Å². The van der Waals surface area contributed by atoms with E-state index in [1.165, 1.54) is 44.5 Å². The third kappa shape index (κ3) is 4.84. The van der Waals surface area contributed by atoms with E-state index in [9.17, 15) is 18.0 Å². The van der Waals surface area contributed by atoms with E-state index in [0.29, 0.717) is 22.7 Å². The maximum absolute atomic E-state index is 12.9. The molecule has 0 unspecified atom stereocenters. The summed E-state index contributed by atoms with van der Waals surface area (Å²) in [4.78, 5) is 23.9. The molecule has 160 valence electrons. The Bertz CT molecular complexity index is 1210. The molecule has 0 radical (unpaired) electrons. The average molecular weight is 439 g/mol. The van der Waals surface area contributed by atoms with Gasteiger partial charge in [-0.15, -0.1) is 0 Å². The Balaban J connectivity index is 1.81. The third-order valence-corrected chi connectivity index (χ3v) is 6.42. The van der Waals surface area contributed by atoms with E-state index in [-0.39, 0.29) is 10.5 Å². The highest BCUT2D eigenvalue weighted by molar-refractivity contribution is 7.92. The van der Waals surface area contributed by atoms with Gasteiger partial charge in [0, 0.05) is 23.9 Å². The summed E-state index contributed by atoms with van der Waals surface area (Å²) in [6, 6.07) is 18.4. The van der Waals surface area contributed by atoms with Gasteiger partial charge in [-0.05, 0) is 66.7 Å². The molecular weight excluding hydrogens is 418 g/mol. The lowest BCUT2D eigenvalue weighted by molar-refractivity contribution is 0.0998. The van der Waals surface area contributed by atoms with E-state index in [4.69, 9.17) is 10.5 Å². The summed E-state index contributed by atoms with van der Waals surface area (Å²) >= 11 is 0. The van der Waals surface area contributed by atoms with Crippen LogP contribution in [-0.2, 0) is 10.0 Å². The number of hydrogen-bond acceptors (Lipinski definition) is 5. The van der Waals surface area contributed by atoms with Crippen molar-refractivity contribution in [3.8, 4) is 5.75 Å². The van der Waals surface area contributed by atoms with Gasteiger partial charge in [0.1, 0.15) is 5.75 Å². The molecule has 2 amide bonds. The van der Waals surface area contributed by atoms with Crippen molar-refractivity contribution in [3.05, 3.63) is 83.9 Å². The van der Waals surface area contributed by atoms with Crippen molar-refractivity contribution < 1.29 is 22.7 Å². The van der Waals surface area contributed by atoms with E-state index in [0.717, 1.165) is 4.31 Å². The van der Waals surface area contributed by atoms with Crippen LogP contribution in [0.25, 0.3) is 0 Å². The number of anilines is 2. The molecule has 8 nitrogen and oxygen atoms in total. The zero-order valence-electron chi connectivity index (χ0n) is 16.9. The van der Waals surface area contributed by atoms with Crippen LogP contribution in [-0.4, -0.2) is 34.4 Å². The molecule has 0 bridgehead atoms. The lowest BCUT2D eigenvalue weighted by Crippen LogP contribution is -2.26. The molecule has 0 saturated heterocycles. The lowest BCUT2D eigenvalue weighted by atomic mass is 10.1. The number of benzene rings is 3. The zero-order valence-corrected chi connectivity index (χ0v) is 17.7. The van der Waals surface area contributed by atoms with Crippen molar-refractivity contribution in [1.82, 2.24) is 0 Å². The number of nitrogens with zero attached hydrogens (tertiary/aromatic N) is 1. The normalized spacial score (nSPS) is 10.9. The zero-order chi connectivity index (χ0) is 22.6. The topological polar surface area (TPSA) is 119 Å². The van der Waals surface area contributed by atoms with Crippen LogP contribution in [0.3, 0.4) is 0 Å². The van der Waals surface area contributed by atoms with E-state index in [2.05, 4.69) is 5.32 Å². The first-order chi connectivity index (χ1) is 14.7. The second-order valence-corrected chi connectivity index (χ2v) is 8.56. The maximum atomic E-state index is 12.9. The van der Waals surface area contributed by atoms with Crippen molar-refractivity contribution in [1.29, 1.82) is 0 Å². The first kappa shape index (κ1) is 21.8. The molecule has 3 N–H and O–H groups in total. The minimum Gasteiger partial charge on any atom is -0.497 e. The summed E-state index contributed by atoms with van der Waals surface area (Å²) in [7, 11) is -0.915. The van der Waals surface area contributed by atoms with Crippen molar-refractivity contribution in [2.24, 2.45) is 5.73 Å². The fourth-order valence-electron chi connectivity index (χ4n) is 2.81. The highest BCUT2D eigenvalue weighted by Gasteiger charge is 2.22. The predicted molar refractivity (Wildman–Crippen MR) is 118 cm³/mol. The molecular formula is C22H21N3O5S. The first-order valence-electron chi connectivity index (χ1n) is 9.16. The summed E-state index contributed by atoms with van der Waals surface area (Å²) in [5.74, 6) is -0.445. The number of carbonyl (C=O) groups is 2. The summed E-state index contributed by atoms with van der Waals surface area (Å²) in [6.07, 6.45) is 0. The number of carbonyl (C=O) groups excluding carboxylic acids is 2. The van der Waals surface area contributed by atoms with Gasteiger partial charge in [-0.2, -0.15) is 0 Å². The highest BCUT2D eigenvalue weighted by Crippen LogP contribution is 2.25. The van der Waals surface area contributed by atoms with Gasteiger partial charge in [0.2, 0.25) is 5.91 Å². The second-order valence-electron chi connectivity index (χ2n) is 6.59. The van der Waals surface area contributed by atoms with Gasteiger partial charge >= 0.3 is 0 Å². The molecule has 3 rings (SSSR count). The van der Waals surface area contributed by atoms with E-state index >= 15 is 0 Å². The monoisotopic (exact) mass is 439 g/mol. The first-order valence-corrected chi connectivity index (χ1v) is 10.6. The van der Waals surface area contributed by atoms with Gasteiger partial charge < -0.3 is 15.8 Å². The molecule has 0 heterocycles. The Morgan fingerprint density at radius 3 is 2.16 bits per heavy atom. The molecule has 0 aliphatic rings. The number of sulfonamides is 1. The van der Waals surface area contributed by atoms with Gasteiger partial charge in [-0.1, -0.05) is 6.07 Å². The Kier molecular flexibility index (Phi) is 6.26. The van der Waals surface area contributed by atoms with Crippen LogP contribution < -0.4 is 20.1 Å². The molecule has 0 atom stereocenters. The van der Waals surface area contributed by atoms with E-state index in [1.807, 2.05) is 0 Å². The highest BCUT2D eigenvalue weighted by atomic mass is 32.2. The van der Waals surface area contributed by atoms with Crippen LogP contribution in [0.2, 0.25) is 0 Å². The number of rotatable bonds is 7. The Morgan fingerprint density at radius 1 is 0.935 bits per heavy atom. The van der Waals surface area contributed by atoms with Gasteiger partial charge in [0.25, 0.3) is 15.9 Å². The number of methoxy groups -OCH3 is 1. The molecule has 0 saturated carbocycles. The van der Waals surface area contributed by atoms with Gasteiger partial charge in [-0.25, -0.2) is 8.42 Å². The average Bonchev–Trinajstić information content (AvgIpc) is 2.79. The number of ether oxygens (including phenoxy) is 1. The van der Waals surface area contributed by atoms with E-state index in [1.54, 1.807) is 42.5 Å². The van der Waals surface area contributed by atoms with Crippen LogP contribution in [0.5, 0.6) is 5.75 Å². The van der Waals surface area contributed by atoms with Crippen LogP contribution in [0.1, 0.15) is 20.7 Å². The van der Waals surface area contributed by atoms with Gasteiger partial charge in [0.05, 0.1) is 17.7 Å². The number of amides is 2. The number of primary amides is 1. The molecule has 31 heavy (non-hydrogen) atoms. The molecule has 3 aromatic carbocycles. The fraction of sp³-hybridized carbons (Fsp3) is 0.0909. The van der Waals surface area contributed by atoms with Crippen LogP contribution in [0.15, 0.2) is 77.7 Å². The van der Waals surface area contributed by atoms with Crippen LogP contribution in [0, 0.1) is 0 Å². The third-order valence-electron chi connectivity index (χ3n) is 4.62. The minimum absolute atomic E-state index is 0.0974. The van der Waals surface area contributed by atoms with Gasteiger partial charge in [-0.3, -0.25) is 13.9 Å². The second kappa shape index (κ2) is 8.88. The molecule has 0 aromatic heterocycles. The summed E-state index contributed by atoms with van der Waals surface area (Å²) < 4.78 is 32.0. The molecule has 0 spiro atoms. The van der Waals surface area contributed by atoms with Crippen molar-refractivity contribution >= 4 is 33.2 Å². The van der Waals surface area contributed by atoms with Crippen molar-refractivity contribution in [2.75, 3.05) is 23.8 Å². The number of nitrogens with one attached hydrogen (secondary N) is 1. The van der Waals surface area contributed by atoms with Crippen molar-refractivity contribution in [2.45, 2.75) is 4.90 Å². The lowest BCUT2D eigenvalue weighted by Gasteiger charge is -2.20. The quantitative estimate of drug-likeness (QED) is 0.587. The molecule has 3 aromatic rings. The summed E-state index contributed by atoms with van der Waals surface area (Å²) in [6.45, 7) is 0. The summed E-state index contributed by atoms with van der Waals surface area (Å²) in [5, 5.41) is 2.70. The van der Waals surface area contributed by atoms with Crippen molar-refractivity contribution in [3.63, 3.8) is 0 Å². The number of nitrogens with two attached hydrogens (primary N) is 1. The SMILES string of the molecule is COc1ccc(S(=O)(=O)N(C)c2cccc(C(=O)Nc3ccc(C(N)=O)cc3)c2)cc1.